The first kappa shape index (κ1) is 18.5. The maximum atomic E-state index is 11.8. The van der Waals surface area contributed by atoms with Gasteiger partial charge >= 0.3 is 12.3 Å². The first-order chi connectivity index (χ1) is 8.99. The minimum absolute atomic E-state index is 0.0145. The Hall–Kier alpha value is -1.47. The zero-order chi connectivity index (χ0) is 15.8. The average molecular weight is 298 g/mol. The van der Waals surface area contributed by atoms with Crippen LogP contribution in [0.25, 0.3) is 0 Å². The minimum Gasteiger partial charge on any atom is -0.450 e. The zero-order valence-electron chi connectivity index (χ0n) is 11.9. The highest BCUT2D eigenvalue weighted by Crippen LogP contribution is 2.18. The fourth-order valence-corrected chi connectivity index (χ4v) is 1.17. The SMILES string of the molecule is CC(C)(C)NC(=O)OCCCC(=O)NCCC(F)(F)F. The first-order valence-corrected chi connectivity index (χ1v) is 6.28. The van der Waals surface area contributed by atoms with Gasteiger partial charge in [-0.3, -0.25) is 4.79 Å². The van der Waals surface area contributed by atoms with Crippen LogP contribution in [0.4, 0.5) is 18.0 Å². The number of rotatable bonds is 6. The van der Waals surface area contributed by atoms with E-state index in [1.165, 1.54) is 0 Å². The third-order valence-electron chi connectivity index (χ3n) is 1.99. The lowest BCUT2D eigenvalue weighted by Crippen LogP contribution is -2.41. The van der Waals surface area contributed by atoms with E-state index in [-0.39, 0.29) is 19.4 Å². The summed E-state index contributed by atoms with van der Waals surface area (Å²) in [5.74, 6) is -0.492. The summed E-state index contributed by atoms with van der Waals surface area (Å²) in [6, 6.07) is 0. The van der Waals surface area contributed by atoms with Crippen molar-refractivity contribution in [2.75, 3.05) is 13.2 Å². The summed E-state index contributed by atoms with van der Waals surface area (Å²) in [7, 11) is 0. The molecule has 0 radical (unpaired) electrons. The van der Waals surface area contributed by atoms with E-state index in [0.717, 1.165) is 0 Å². The molecule has 0 fully saturated rings. The molecule has 118 valence electrons. The Balaban J connectivity index is 3.60. The quantitative estimate of drug-likeness (QED) is 0.740. The smallest absolute Gasteiger partial charge is 0.407 e. The lowest BCUT2D eigenvalue weighted by Gasteiger charge is -2.19. The highest BCUT2D eigenvalue weighted by atomic mass is 19.4. The van der Waals surface area contributed by atoms with Gasteiger partial charge in [-0.15, -0.1) is 0 Å². The molecule has 8 heteroatoms. The molecule has 0 saturated heterocycles. The van der Waals surface area contributed by atoms with Crippen LogP contribution >= 0.6 is 0 Å². The second-order valence-corrected chi connectivity index (χ2v) is 5.33. The van der Waals surface area contributed by atoms with Crippen LogP contribution in [0.3, 0.4) is 0 Å². The van der Waals surface area contributed by atoms with Crippen LogP contribution < -0.4 is 10.6 Å². The summed E-state index contributed by atoms with van der Waals surface area (Å²) in [6.45, 7) is 4.98. The molecule has 0 rings (SSSR count). The van der Waals surface area contributed by atoms with Crippen LogP contribution in [0.15, 0.2) is 0 Å². The fraction of sp³-hybridized carbons (Fsp3) is 0.833. The summed E-state index contributed by atoms with van der Waals surface area (Å²) < 4.78 is 40.3. The highest BCUT2D eigenvalue weighted by molar-refractivity contribution is 5.75. The zero-order valence-corrected chi connectivity index (χ0v) is 11.9. The predicted molar refractivity (Wildman–Crippen MR) is 67.2 cm³/mol. The van der Waals surface area contributed by atoms with Crippen LogP contribution in [0, 0.1) is 0 Å². The highest BCUT2D eigenvalue weighted by Gasteiger charge is 2.26. The van der Waals surface area contributed by atoms with Crippen LogP contribution in [0.2, 0.25) is 0 Å². The Morgan fingerprint density at radius 1 is 1.15 bits per heavy atom. The number of carbonyl (C=O) groups is 2. The van der Waals surface area contributed by atoms with Crippen molar-refractivity contribution in [2.24, 2.45) is 0 Å². The van der Waals surface area contributed by atoms with Crippen molar-refractivity contribution in [1.29, 1.82) is 0 Å². The van der Waals surface area contributed by atoms with Gasteiger partial charge in [0.15, 0.2) is 0 Å². The van der Waals surface area contributed by atoms with Crippen molar-refractivity contribution in [1.82, 2.24) is 10.6 Å². The number of alkyl halides is 3. The summed E-state index contributed by atoms with van der Waals surface area (Å²) in [5, 5.41) is 4.72. The molecule has 2 N–H and O–H groups in total. The van der Waals surface area contributed by atoms with Crippen molar-refractivity contribution >= 4 is 12.0 Å². The Bertz CT molecular complexity index is 325. The summed E-state index contributed by atoms with van der Waals surface area (Å²) >= 11 is 0. The van der Waals surface area contributed by atoms with Crippen LogP contribution in [0.1, 0.15) is 40.0 Å². The summed E-state index contributed by atoms with van der Waals surface area (Å²) in [4.78, 5) is 22.4. The van der Waals surface area contributed by atoms with Gasteiger partial charge in [0.25, 0.3) is 0 Å². The van der Waals surface area contributed by atoms with Gasteiger partial charge in [0.2, 0.25) is 5.91 Å². The number of nitrogens with one attached hydrogen (secondary N) is 2. The summed E-state index contributed by atoms with van der Waals surface area (Å²) in [5.41, 5.74) is -0.411. The number of hydrogen-bond donors (Lipinski definition) is 2. The van der Waals surface area contributed by atoms with Crippen molar-refractivity contribution in [3.8, 4) is 0 Å². The fourth-order valence-electron chi connectivity index (χ4n) is 1.17. The molecule has 0 atom stereocenters. The molecule has 20 heavy (non-hydrogen) atoms. The van der Waals surface area contributed by atoms with Gasteiger partial charge in [-0.2, -0.15) is 13.2 Å². The third kappa shape index (κ3) is 13.0. The number of alkyl carbamates (subject to hydrolysis) is 1. The molecule has 0 aromatic rings. The first-order valence-electron chi connectivity index (χ1n) is 6.28. The molecule has 0 heterocycles. The number of hydrogen-bond acceptors (Lipinski definition) is 3. The van der Waals surface area contributed by atoms with Gasteiger partial charge in [0.05, 0.1) is 13.0 Å². The van der Waals surface area contributed by atoms with Gasteiger partial charge in [-0.25, -0.2) is 4.79 Å². The molecule has 5 nitrogen and oxygen atoms in total. The Labute approximate surface area is 116 Å². The number of carbonyl (C=O) groups excluding carboxylic acids is 2. The molecule has 2 amide bonds. The lowest BCUT2D eigenvalue weighted by atomic mass is 10.1. The maximum Gasteiger partial charge on any atom is 0.407 e. The van der Waals surface area contributed by atoms with E-state index < -0.39 is 36.7 Å². The monoisotopic (exact) mass is 298 g/mol. The maximum absolute atomic E-state index is 11.8. The number of ether oxygens (including phenoxy) is 1. The molecular formula is C12H21F3N2O3. The minimum atomic E-state index is -4.28. The van der Waals surface area contributed by atoms with E-state index in [0.29, 0.717) is 0 Å². The topological polar surface area (TPSA) is 67.4 Å². The second-order valence-electron chi connectivity index (χ2n) is 5.33. The van der Waals surface area contributed by atoms with Crippen molar-refractivity contribution < 1.29 is 27.5 Å². The van der Waals surface area contributed by atoms with E-state index in [1.54, 1.807) is 20.8 Å². The van der Waals surface area contributed by atoms with Gasteiger partial charge in [0.1, 0.15) is 0 Å². The molecule has 0 aliphatic rings. The van der Waals surface area contributed by atoms with Crippen molar-refractivity contribution in [3.05, 3.63) is 0 Å². The van der Waals surface area contributed by atoms with Crippen LogP contribution in [-0.2, 0) is 9.53 Å². The average Bonchev–Trinajstić information content (AvgIpc) is 2.20. The predicted octanol–water partition coefficient (Wildman–Crippen LogP) is 2.36. The molecule has 0 aliphatic carbocycles. The molecule has 0 unspecified atom stereocenters. The summed E-state index contributed by atoms with van der Waals surface area (Å²) in [6.07, 6.45) is -5.64. The Morgan fingerprint density at radius 3 is 2.25 bits per heavy atom. The van der Waals surface area contributed by atoms with Gasteiger partial charge in [-0.05, 0) is 27.2 Å². The molecular weight excluding hydrogens is 277 g/mol. The van der Waals surface area contributed by atoms with E-state index in [9.17, 15) is 22.8 Å². The van der Waals surface area contributed by atoms with Gasteiger partial charge < -0.3 is 15.4 Å². The van der Waals surface area contributed by atoms with E-state index >= 15 is 0 Å². The van der Waals surface area contributed by atoms with E-state index in [2.05, 4.69) is 10.6 Å². The normalized spacial score (nSPS) is 11.9. The van der Waals surface area contributed by atoms with Gasteiger partial charge in [0, 0.05) is 18.5 Å². The molecule has 0 bridgehead atoms. The molecule has 0 aromatic carbocycles. The van der Waals surface area contributed by atoms with Gasteiger partial charge in [-0.1, -0.05) is 0 Å². The Kier molecular flexibility index (Phi) is 7.38. The number of halogens is 3. The van der Waals surface area contributed by atoms with E-state index in [1.807, 2.05) is 0 Å². The lowest BCUT2D eigenvalue weighted by molar-refractivity contribution is -0.135. The molecule has 0 spiro atoms. The second kappa shape index (κ2) is 7.96. The van der Waals surface area contributed by atoms with Crippen molar-refractivity contribution in [2.45, 2.75) is 51.7 Å². The third-order valence-corrected chi connectivity index (χ3v) is 1.99. The largest absolute Gasteiger partial charge is 0.450 e. The Morgan fingerprint density at radius 2 is 1.75 bits per heavy atom. The number of amides is 2. The van der Waals surface area contributed by atoms with Crippen LogP contribution in [0.5, 0.6) is 0 Å². The molecule has 0 saturated carbocycles. The standard InChI is InChI=1S/C12H21F3N2O3/c1-11(2,3)17-10(19)20-8-4-5-9(18)16-7-6-12(13,14)15/h4-8H2,1-3H3,(H,16,18)(H,17,19). The molecule has 0 aromatic heterocycles. The van der Waals surface area contributed by atoms with E-state index in [4.69, 9.17) is 4.74 Å². The van der Waals surface area contributed by atoms with Crippen LogP contribution in [-0.4, -0.2) is 36.9 Å². The molecule has 0 aliphatic heterocycles. The van der Waals surface area contributed by atoms with Crippen molar-refractivity contribution in [3.63, 3.8) is 0 Å².